The van der Waals surface area contributed by atoms with E-state index in [2.05, 4.69) is 25.7 Å². The van der Waals surface area contributed by atoms with E-state index in [9.17, 15) is 0 Å². The summed E-state index contributed by atoms with van der Waals surface area (Å²) in [6.45, 7) is 9.48. The lowest BCUT2D eigenvalue weighted by Crippen LogP contribution is -2.30. The fourth-order valence-corrected chi connectivity index (χ4v) is 2.19. The number of nitrogens with zero attached hydrogens (tertiary/aromatic N) is 1. The third-order valence-electron chi connectivity index (χ3n) is 3.34. The summed E-state index contributed by atoms with van der Waals surface area (Å²) in [7, 11) is 0. The van der Waals surface area contributed by atoms with Crippen molar-refractivity contribution in [3.63, 3.8) is 0 Å². The first-order chi connectivity index (χ1) is 5.66. The average Bonchev–Trinajstić information content (AvgIpc) is 2.30. The molecule has 3 atom stereocenters. The van der Waals surface area contributed by atoms with Gasteiger partial charge in [0, 0.05) is 18.5 Å². The summed E-state index contributed by atoms with van der Waals surface area (Å²) < 4.78 is 0. The molecule has 1 heterocycles. The van der Waals surface area contributed by atoms with Crippen molar-refractivity contribution in [2.75, 3.05) is 19.0 Å². The van der Waals surface area contributed by atoms with Crippen LogP contribution < -0.4 is 0 Å². The summed E-state index contributed by atoms with van der Waals surface area (Å²) in [5.74, 6) is 2.50. The molecule has 1 saturated heterocycles. The highest BCUT2D eigenvalue weighted by Crippen LogP contribution is 2.28. The van der Waals surface area contributed by atoms with Crippen molar-refractivity contribution in [2.45, 2.75) is 33.2 Å². The Kier molecular flexibility index (Phi) is 3.85. The lowest BCUT2D eigenvalue weighted by molar-refractivity contribution is 0.248. The van der Waals surface area contributed by atoms with Gasteiger partial charge in [-0.05, 0) is 31.7 Å². The number of alkyl halides is 1. The quantitative estimate of drug-likeness (QED) is 0.617. The van der Waals surface area contributed by atoms with Crippen LogP contribution in [0.2, 0.25) is 0 Å². The molecule has 0 bridgehead atoms. The fraction of sp³-hybridized carbons (Fsp3) is 1.00. The highest BCUT2D eigenvalue weighted by molar-refractivity contribution is 6.17. The first kappa shape index (κ1) is 10.3. The minimum atomic E-state index is 0.753. The van der Waals surface area contributed by atoms with Crippen LogP contribution in [0.15, 0.2) is 0 Å². The lowest BCUT2D eigenvalue weighted by atomic mass is 9.95. The molecular weight excluding hydrogens is 170 g/mol. The predicted octanol–water partition coefficient (Wildman–Crippen LogP) is 2.59. The highest BCUT2D eigenvalue weighted by Gasteiger charge is 2.32. The van der Waals surface area contributed by atoms with Crippen molar-refractivity contribution < 1.29 is 0 Å². The van der Waals surface area contributed by atoms with Crippen LogP contribution in [-0.4, -0.2) is 29.9 Å². The second-order valence-electron chi connectivity index (χ2n) is 4.11. The van der Waals surface area contributed by atoms with Crippen LogP contribution in [0.3, 0.4) is 0 Å². The lowest BCUT2D eigenvalue weighted by Gasteiger charge is -2.22. The van der Waals surface area contributed by atoms with Gasteiger partial charge in [-0.15, -0.1) is 11.6 Å². The van der Waals surface area contributed by atoms with Gasteiger partial charge in [-0.25, -0.2) is 0 Å². The van der Waals surface area contributed by atoms with Gasteiger partial charge in [0.05, 0.1) is 0 Å². The molecule has 1 aliphatic heterocycles. The zero-order chi connectivity index (χ0) is 9.14. The van der Waals surface area contributed by atoms with Crippen molar-refractivity contribution in [2.24, 2.45) is 11.8 Å². The van der Waals surface area contributed by atoms with Crippen LogP contribution in [0.25, 0.3) is 0 Å². The summed E-state index contributed by atoms with van der Waals surface area (Å²) in [4.78, 5) is 2.57. The maximum atomic E-state index is 5.67. The zero-order valence-electron chi connectivity index (χ0n) is 8.39. The van der Waals surface area contributed by atoms with E-state index in [1.54, 1.807) is 0 Å². The topological polar surface area (TPSA) is 3.24 Å². The van der Waals surface area contributed by atoms with Gasteiger partial charge in [0.15, 0.2) is 0 Å². The molecule has 72 valence electrons. The Morgan fingerprint density at radius 2 is 2.00 bits per heavy atom. The molecule has 3 unspecified atom stereocenters. The monoisotopic (exact) mass is 189 g/mol. The summed E-state index contributed by atoms with van der Waals surface area (Å²) in [5, 5.41) is 0. The number of hydrogen-bond donors (Lipinski definition) is 0. The van der Waals surface area contributed by atoms with Crippen molar-refractivity contribution in [1.82, 2.24) is 4.90 Å². The van der Waals surface area contributed by atoms with E-state index >= 15 is 0 Å². The maximum absolute atomic E-state index is 5.67. The van der Waals surface area contributed by atoms with E-state index < -0.39 is 0 Å². The summed E-state index contributed by atoms with van der Waals surface area (Å²) >= 11 is 5.67. The summed E-state index contributed by atoms with van der Waals surface area (Å²) in [5.41, 5.74) is 0. The van der Waals surface area contributed by atoms with Crippen LogP contribution in [-0.2, 0) is 0 Å². The minimum Gasteiger partial charge on any atom is -0.300 e. The van der Waals surface area contributed by atoms with Gasteiger partial charge in [0.2, 0.25) is 0 Å². The Morgan fingerprint density at radius 3 is 2.42 bits per heavy atom. The Morgan fingerprint density at radius 1 is 1.33 bits per heavy atom. The first-order valence-electron chi connectivity index (χ1n) is 4.96. The maximum Gasteiger partial charge on any atom is 0.0235 e. The molecular formula is C10H20ClN. The van der Waals surface area contributed by atoms with Crippen molar-refractivity contribution >= 4 is 11.6 Å². The first-order valence-corrected chi connectivity index (χ1v) is 5.50. The van der Waals surface area contributed by atoms with Crippen LogP contribution in [0, 0.1) is 11.8 Å². The van der Waals surface area contributed by atoms with Crippen LogP contribution >= 0.6 is 11.6 Å². The number of rotatable bonds is 3. The Balaban J connectivity index is 2.36. The molecule has 0 saturated carbocycles. The van der Waals surface area contributed by atoms with E-state index in [1.165, 1.54) is 13.1 Å². The second-order valence-corrected chi connectivity index (χ2v) is 4.49. The van der Waals surface area contributed by atoms with Gasteiger partial charge >= 0.3 is 0 Å². The third kappa shape index (κ3) is 2.14. The van der Waals surface area contributed by atoms with Crippen LogP contribution in [0.4, 0.5) is 0 Å². The summed E-state index contributed by atoms with van der Waals surface area (Å²) in [6.07, 6.45) is 1.13. The van der Waals surface area contributed by atoms with Gasteiger partial charge in [-0.1, -0.05) is 13.8 Å². The molecule has 0 aliphatic carbocycles. The van der Waals surface area contributed by atoms with E-state index in [4.69, 9.17) is 11.6 Å². The van der Waals surface area contributed by atoms with Crippen molar-refractivity contribution in [3.05, 3.63) is 0 Å². The van der Waals surface area contributed by atoms with Gasteiger partial charge in [0.25, 0.3) is 0 Å². The fourth-order valence-electron chi connectivity index (χ4n) is 2.07. The van der Waals surface area contributed by atoms with Crippen molar-refractivity contribution in [3.8, 4) is 0 Å². The Labute approximate surface area is 81.1 Å². The Bertz CT molecular complexity index is 138. The molecule has 0 aromatic rings. The number of halogens is 1. The molecule has 1 aliphatic rings. The van der Waals surface area contributed by atoms with Crippen molar-refractivity contribution in [1.29, 1.82) is 0 Å². The minimum absolute atomic E-state index is 0.753. The van der Waals surface area contributed by atoms with E-state index in [1.807, 2.05) is 0 Å². The number of hydrogen-bond acceptors (Lipinski definition) is 1. The van der Waals surface area contributed by atoms with E-state index in [-0.39, 0.29) is 0 Å². The predicted molar refractivity (Wildman–Crippen MR) is 54.7 cm³/mol. The number of likely N-dealkylation sites (tertiary alicyclic amines) is 1. The molecule has 12 heavy (non-hydrogen) atoms. The smallest absolute Gasteiger partial charge is 0.0235 e. The molecule has 0 N–H and O–H groups in total. The van der Waals surface area contributed by atoms with Crippen LogP contribution in [0.1, 0.15) is 27.2 Å². The van der Waals surface area contributed by atoms with Gasteiger partial charge in [-0.2, -0.15) is 0 Å². The molecule has 1 nitrogen and oxygen atoms in total. The molecule has 0 aromatic carbocycles. The Hall–Kier alpha value is 0.250. The second kappa shape index (κ2) is 4.48. The third-order valence-corrected chi connectivity index (χ3v) is 3.60. The molecule has 0 spiro atoms. The van der Waals surface area contributed by atoms with Gasteiger partial charge in [-0.3, -0.25) is 0 Å². The van der Waals surface area contributed by atoms with Gasteiger partial charge in [0.1, 0.15) is 0 Å². The molecule has 0 aromatic heterocycles. The highest BCUT2D eigenvalue weighted by atomic mass is 35.5. The zero-order valence-corrected chi connectivity index (χ0v) is 9.14. The average molecular weight is 190 g/mol. The molecule has 1 rings (SSSR count). The van der Waals surface area contributed by atoms with Crippen LogP contribution in [0.5, 0.6) is 0 Å². The SMILES string of the molecule is CC1CN(CCCCl)C(C)C1C. The molecule has 0 radical (unpaired) electrons. The van der Waals surface area contributed by atoms with E-state index in [0.29, 0.717) is 0 Å². The van der Waals surface area contributed by atoms with E-state index in [0.717, 1.165) is 30.2 Å². The largest absolute Gasteiger partial charge is 0.300 e. The normalized spacial score (nSPS) is 37.5. The standard InChI is InChI=1S/C10H20ClN/c1-8-7-12(6-4-5-11)10(3)9(8)2/h8-10H,4-7H2,1-3H3. The molecule has 1 fully saturated rings. The summed E-state index contributed by atoms with van der Waals surface area (Å²) in [6, 6.07) is 0.753. The van der Waals surface area contributed by atoms with Gasteiger partial charge < -0.3 is 4.90 Å². The molecule has 0 amide bonds. The molecule has 2 heteroatoms.